The second-order valence-corrected chi connectivity index (χ2v) is 3.46. The molecule has 3 N–H and O–H groups in total. The van der Waals surface area contributed by atoms with Gasteiger partial charge in [-0.25, -0.2) is 29.1 Å². The van der Waals surface area contributed by atoms with Crippen LogP contribution in [0.25, 0.3) is 11.8 Å². The Morgan fingerprint density at radius 2 is 1.67 bits per heavy atom. The fourth-order valence-electron chi connectivity index (χ4n) is 1.45. The molecule has 0 saturated heterocycles. The average molecular weight is 247 g/mol. The maximum Gasteiger partial charge on any atom is 0.348 e. The van der Waals surface area contributed by atoms with E-state index in [9.17, 15) is 14.4 Å². The Hall–Kier alpha value is -2.83. The standard InChI is InChI=1S/C11H9N3O4/c15-9(16)6-3-7-1-4-8(5-2-7)14-10(17)12-13-11(14)18/h1-6H,(H,12,17)(H,13,18)(H,15,16)/b6-3+. The Balaban J connectivity index is 2.37. The highest BCUT2D eigenvalue weighted by molar-refractivity contribution is 5.85. The summed E-state index contributed by atoms with van der Waals surface area (Å²) in [5.74, 6) is -1.04. The van der Waals surface area contributed by atoms with Gasteiger partial charge in [-0.05, 0) is 23.8 Å². The van der Waals surface area contributed by atoms with Crippen molar-refractivity contribution in [3.8, 4) is 5.69 Å². The lowest BCUT2D eigenvalue weighted by Gasteiger charge is -1.99. The number of carboxylic acid groups (broad SMARTS) is 1. The molecule has 0 fully saturated rings. The number of nitrogens with one attached hydrogen (secondary N) is 2. The Kier molecular flexibility index (Phi) is 2.96. The summed E-state index contributed by atoms with van der Waals surface area (Å²) in [6.45, 7) is 0. The average Bonchev–Trinajstić information content (AvgIpc) is 2.67. The first-order valence-electron chi connectivity index (χ1n) is 4.99. The maximum absolute atomic E-state index is 11.3. The van der Waals surface area contributed by atoms with Gasteiger partial charge in [0.15, 0.2) is 0 Å². The largest absolute Gasteiger partial charge is 0.478 e. The van der Waals surface area contributed by atoms with Crippen molar-refractivity contribution < 1.29 is 9.90 Å². The lowest BCUT2D eigenvalue weighted by Crippen LogP contribution is -2.24. The number of carbonyl (C=O) groups is 1. The predicted molar refractivity (Wildman–Crippen MR) is 63.7 cm³/mol. The maximum atomic E-state index is 11.3. The van der Waals surface area contributed by atoms with Crippen LogP contribution in [0.15, 0.2) is 39.9 Å². The van der Waals surface area contributed by atoms with E-state index in [4.69, 9.17) is 5.11 Å². The van der Waals surface area contributed by atoms with Crippen LogP contribution in [0.4, 0.5) is 0 Å². The number of aliphatic carboxylic acids is 1. The van der Waals surface area contributed by atoms with Crippen molar-refractivity contribution in [2.24, 2.45) is 0 Å². The van der Waals surface area contributed by atoms with Crippen LogP contribution in [0, 0.1) is 0 Å². The molecule has 0 amide bonds. The van der Waals surface area contributed by atoms with Crippen molar-refractivity contribution in [3.05, 3.63) is 56.9 Å². The van der Waals surface area contributed by atoms with Crippen LogP contribution in [-0.4, -0.2) is 25.8 Å². The van der Waals surface area contributed by atoms with Crippen LogP contribution in [0.2, 0.25) is 0 Å². The highest BCUT2D eigenvalue weighted by Crippen LogP contribution is 2.07. The zero-order valence-electron chi connectivity index (χ0n) is 9.08. The highest BCUT2D eigenvalue weighted by atomic mass is 16.4. The van der Waals surface area contributed by atoms with E-state index in [0.717, 1.165) is 10.6 Å². The van der Waals surface area contributed by atoms with Crippen LogP contribution in [0.5, 0.6) is 0 Å². The molecule has 0 unspecified atom stereocenters. The van der Waals surface area contributed by atoms with Gasteiger partial charge in [0.2, 0.25) is 0 Å². The number of carboxylic acids is 1. The minimum absolute atomic E-state index is 0.398. The van der Waals surface area contributed by atoms with Crippen LogP contribution >= 0.6 is 0 Å². The van der Waals surface area contributed by atoms with Crippen LogP contribution in [0.3, 0.4) is 0 Å². The molecule has 0 atom stereocenters. The molecule has 1 aromatic carbocycles. The Labute approximate surface area is 100.0 Å². The van der Waals surface area contributed by atoms with Gasteiger partial charge in [0.25, 0.3) is 0 Å². The number of H-pyrrole nitrogens is 2. The quantitative estimate of drug-likeness (QED) is 0.661. The second kappa shape index (κ2) is 4.58. The monoisotopic (exact) mass is 247 g/mol. The molecule has 1 heterocycles. The van der Waals surface area contributed by atoms with Crippen molar-refractivity contribution in [3.63, 3.8) is 0 Å². The normalized spacial score (nSPS) is 10.9. The molecular weight excluding hydrogens is 238 g/mol. The SMILES string of the molecule is O=C(O)/C=C/c1ccc(-n2c(=O)[nH][nH]c2=O)cc1. The number of hydrogen-bond donors (Lipinski definition) is 3. The lowest BCUT2D eigenvalue weighted by atomic mass is 10.2. The summed E-state index contributed by atoms with van der Waals surface area (Å²) in [7, 11) is 0. The molecule has 0 aliphatic heterocycles. The third-order valence-corrected chi connectivity index (χ3v) is 2.25. The minimum Gasteiger partial charge on any atom is -0.478 e. The van der Waals surface area contributed by atoms with Gasteiger partial charge in [0, 0.05) is 6.08 Å². The lowest BCUT2D eigenvalue weighted by molar-refractivity contribution is -0.131. The summed E-state index contributed by atoms with van der Waals surface area (Å²) in [6.07, 6.45) is 2.42. The summed E-state index contributed by atoms with van der Waals surface area (Å²) in [5, 5.41) is 12.8. The number of aromatic nitrogens is 3. The summed E-state index contributed by atoms with van der Waals surface area (Å²) >= 11 is 0. The molecule has 2 rings (SSSR count). The van der Waals surface area contributed by atoms with E-state index in [1.807, 2.05) is 0 Å². The first kappa shape index (κ1) is 11.6. The number of aromatic amines is 2. The molecule has 92 valence electrons. The molecule has 0 aliphatic rings. The van der Waals surface area contributed by atoms with Gasteiger partial charge < -0.3 is 5.11 Å². The topological polar surface area (TPSA) is 108 Å². The number of benzene rings is 1. The molecule has 7 nitrogen and oxygen atoms in total. The van der Waals surface area contributed by atoms with Crippen molar-refractivity contribution in [2.45, 2.75) is 0 Å². The summed E-state index contributed by atoms with van der Waals surface area (Å²) in [4.78, 5) is 33.0. The van der Waals surface area contributed by atoms with Crippen molar-refractivity contribution in [1.29, 1.82) is 0 Å². The zero-order chi connectivity index (χ0) is 13.1. The molecule has 0 radical (unpaired) electrons. The van der Waals surface area contributed by atoms with Crippen molar-refractivity contribution in [2.75, 3.05) is 0 Å². The van der Waals surface area contributed by atoms with E-state index >= 15 is 0 Å². The highest BCUT2D eigenvalue weighted by Gasteiger charge is 2.04. The van der Waals surface area contributed by atoms with Crippen molar-refractivity contribution in [1.82, 2.24) is 14.8 Å². The molecule has 1 aromatic heterocycles. The number of nitrogens with zero attached hydrogens (tertiary/aromatic N) is 1. The molecule has 2 aromatic rings. The van der Waals surface area contributed by atoms with E-state index in [-0.39, 0.29) is 0 Å². The van der Waals surface area contributed by atoms with Gasteiger partial charge in [0.1, 0.15) is 0 Å². The summed E-state index contributed by atoms with van der Waals surface area (Å²) in [5.41, 5.74) is -0.0706. The fraction of sp³-hybridized carbons (Fsp3) is 0. The zero-order valence-corrected chi connectivity index (χ0v) is 9.08. The Morgan fingerprint density at radius 1 is 1.11 bits per heavy atom. The molecular formula is C11H9N3O4. The van der Waals surface area contributed by atoms with Crippen molar-refractivity contribution >= 4 is 12.0 Å². The predicted octanol–water partition coefficient (Wildman–Crippen LogP) is -0.0483. The fourth-order valence-corrected chi connectivity index (χ4v) is 1.45. The molecule has 18 heavy (non-hydrogen) atoms. The van der Waals surface area contributed by atoms with Gasteiger partial charge in [-0.15, -0.1) is 0 Å². The second-order valence-electron chi connectivity index (χ2n) is 3.46. The van der Waals surface area contributed by atoms with Gasteiger partial charge in [0.05, 0.1) is 5.69 Å². The van der Waals surface area contributed by atoms with Gasteiger partial charge in [-0.1, -0.05) is 12.1 Å². The van der Waals surface area contributed by atoms with E-state index < -0.39 is 17.3 Å². The molecule has 0 saturated carbocycles. The molecule has 0 aliphatic carbocycles. The summed E-state index contributed by atoms with van der Waals surface area (Å²) < 4.78 is 0.935. The smallest absolute Gasteiger partial charge is 0.348 e. The van der Waals surface area contributed by atoms with Crippen LogP contribution < -0.4 is 11.4 Å². The van der Waals surface area contributed by atoms with Gasteiger partial charge in [-0.3, -0.25) is 0 Å². The first-order valence-corrected chi connectivity index (χ1v) is 4.99. The molecule has 0 spiro atoms. The third-order valence-electron chi connectivity index (χ3n) is 2.25. The third kappa shape index (κ3) is 2.29. The van der Waals surface area contributed by atoms with Gasteiger partial charge in [-0.2, -0.15) is 0 Å². The number of hydrogen-bond acceptors (Lipinski definition) is 3. The first-order chi connectivity index (χ1) is 8.58. The van der Waals surface area contributed by atoms with Crippen LogP contribution in [-0.2, 0) is 4.79 Å². The minimum atomic E-state index is -1.04. The number of rotatable bonds is 3. The van der Waals surface area contributed by atoms with Crippen LogP contribution in [0.1, 0.15) is 5.56 Å². The molecule has 7 heteroatoms. The van der Waals surface area contributed by atoms with E-state index in [2.05, 4.69) is 10.2 Å². The Morgan fingerprint density at radius 3 is 2.17 bits per heavy atom. The summed E-state index contributed by atoms with van der Waals surface area (Å²) in [6, 6.07) is 6.30. The van der Waals surface area contributed by atoms with E-state index in [0.29, 0.717) is 11.3 Å². The van der Waals surface area contributed by atoms with E-state index in [1.165, 1.54) is 6.08 Å². The van der Waals surface area contributed by atoms with Gasteiger partial charge >= 0.3 is 17.3 Å². The molecule has 0 bridgehead atoms. The van der Waals surface area contributed by atoms with E-state index in [1.54, 1.807) is 24.3 Å². The Bertz CT molecular complexity index is 675.